The van der Waals surface area contributed by atoms with Crippen LogP contribution in [0.3, 0.4) is 0 Å². The SMILES string of the molecule is CCn1c(SC(C)/C(O)=C(\C#N)c2nc3ccccc3[nH]2)nc2sc3c(c2c1=O)CCCC3. The van der Waals surface area contributed by atoms with Crippen molar-refractivity contribution >= 4 is 49.9 Å². The van der Waals surface area contributed by atoms with Crippen molar-refractivity contribution in [2.45, 2.75) is 56.5 Å². The molecule has 1 aromatic carbocycles. The number of benzene rings is 1. The number of hydrogen-bond donors (Lipinski definition) is 2. The van der Waals surface area contributed by atoms with Crippen LogP contribution in [0, 0.1) is 11.3 Å². The normalized spacial score (nSPS) is 15.3. The van der Waals surface area contributed by atoms with Crippen LogP contribution in [-0.2, 0) is 19.4 Å². The highest BCUT2D eigenvalue weighted by Crippen LogP contribution is 2.36. The van der Waals surface area contributed by atoms with Crippen molar-refractivity contribution in [3.05, 3.63) is 56.6 Å². The molecule has 2 N–H and O–H groups in total. The van der Waals surface area contributed by atoms with Crippen LogP contribution < -0.4 is 5.56 Å². The molecule has 3 heterocycles. The van der Waals surface area contributed by atoms with Crippen LogP contribution in [0.4, 0.5) is 0 Å². The molecule has 1 aliphatic carbocycles. The Morgan fingerprint density at radius 2 is 2.12 bits per heavy atom. The number of aromatic nitrogens is 4. The van der Waals surface area contributed by atoms with Crippen molar-refractivity contribution in [1.82, 2.24) is 19.5 Å². The van der Waals surface area contributed by atoms with Gasteiger partial charge in [0.1, 0.15) is 22.2 Å². The van der Waals surface area contributed by atoms with E-state index in [0.717, 1.165) is 46.9 Å². The predicted molar refractivity (Wildman–Crippen MR) is 133 cm³/mol. The van der Waals surface area contributed by atoms with E-state index in [-0.39, 0.29) is 16.9 Å². The standard InChI is InChI=1S/C24H23N5O2S2/c1-3-29-23(31)19-14-8-4-7-11-18(14)33-22(19)28-24(29)32-13(2)20(30)15(12-25)21-26-16-9-5-6-10-17(16)27-21/h5-6,9-10,13,30H,3-4,7-8,11H2,1-2H3,(H,26,27)/b20-15-. The summed E-state index contributed by atoms with van der Waals surface area (Å²) in [5, 5.41) is 21.5. The van der Waals surface area contributed by atoms with E-state index in [4.69, 9.17) is 4.98 Å². The van der Waals surface area contributed by atoms with Gasteiger partial charge in [-0.05, 0) is 57.2 Å². The van der Waals surface area contributed by atoms with Crippen LogP contribution in [0.25, 0.3) is 26.8 Å². The molecule has 4 aromatic rings. The maximum atomic E-state index is 13.4. The molecular weight excluding hydrogens is 454 g/mol. The Labute approximate surface area is 198 Å². The van der Waals surface area contributed by atoms with Crippen molar-refractivity contribution < 1.29 is 5.11 Å². The largest absolute Gasteiger partial charge is 0.510 e. The first kappa shape index (κ1) is 21.7. The molecule has 168 valence electrons. The Kier molecular flexibility index (Phi) is 5.72. The first-order chi connectivity index (χ1) is 16.0. The fourth-order valence-corrected chi connectivity index (χ4v) is 6.65. The van der Waals surface area contributed by atoms with Gasteiger partial charge in [0.05, 0.1) is 21.7 Å². The van der Waals surface area contributed by atoms with Gasteiger partial charge >= 0.3 is 0 Å². The molecule has 3 aromatic heterocycles. The molecule has 0 spiro atoms. The number of H-pyrrole nitrogens is 1. The fraction of sp³-hybridized carbons (Fsp3) is 0.333. The number of rotatable bonds is 5. The van der Waals surface area contributed by atoms with E-state index in [1.165, 1.54) is 22.2 Å². The van der Waals surface area contributed by atoms with E-state index in [2.05, 4.69) is 16.0 Å². The molecule has 0 radical (unpaired) electrons. The van der Waals surface area contributed by atoms with Gasteiger partial charge in [0, 0.05) is 11.4 Å². The van der Waals surface area contributed by atoms with Crippen LogP contribution in [0.2, 0.25) is 0 Å². The summed E-state index contributed by atoms with van der Waals surface area (Å²) in [6.45, 7) is 4.21. The fourth-order valence-electron chi connectivity index (χ4n) is 4.31. The number of thioether (sulfide) groups is 1. The van der Waals surface area contributed by atoms with Gasteiger partial charge in [0.25, 0.3) is 5.56 Å². The lowest BCUT2D eigenvalue weighted by Crippen LogP contribution is -2.23. The van der Waals surface area contributed by atoms with Crippen molar-refractivity contribution in [2.24, 2.45) is 0 Å². The minimum absolute atomic E-state index is 0.0159. The number of hydrogen-bond acceptors (Lipinski definition) is 7. The quantitative estimate of drug-likeness (QED) is 0.177. The Hall–Kier alpha value is -3.09. The summed E-state index contributed by atoms with van der Waals surface area (Å²) in [4.78, 5) is 27.8. The highest BCUT2D eigenvalue weighted by atomic mass is 32.2. The maximum absolute atomic E-state index is 13.4. The molecule has 1 atom stereocenters. The van der Waals surface area contributed by atoms with Gasteiger partial charge in [-0.1, -0.05) is 23.9 Å². The summed E-state index contributed by atoms with van der Waals surface area (Å²) in [6.07, 6.45) is 4.20. The Morgan fingerprint density at radius 1 is 1.33 bits per heavy atom. The molecule has 7 nitrogen and oxygen atoms in total. The number of nitriles is 1. The van der Waals surface area contributed by atoms with Gasteiger partial charge in [-0.15, -0.1) is 11.3 Å². The number of aliphatic hydroxyl groups is 1. The second-order valence-electron chi connectivity index (χ2n) is 8.07. The smallest absolute Gasteiger partial charge is 0.263 e. The van der Waals surface area contributed by atoms with E-state index < -0.39 is 5.25 Å². The lowest BCUT2D eigenvalue weighted by Gasteiger charge is -2.15. The number of nitrogens with zero attached hydrogens (tertiary/aromatic N) is 4. The van der Waals surface area contributed by atoms with Crippen molar-refractivity contribution in [3.63, 3.8) is 0 Å². The number of allylic oxidation sites excluding steroid dienone is 1. The van der Waals surface area contributed by atoms with E-state index >= 15 is 0 Å². The molecule has 0 amide bonds. The van der Waals surface area contributed by atoms with E-state index in [1.807, 2.05) is 31.2 Å². The van der Waals surface area contributed by atoms with Gasteiger partial charge in [0.15, 0.2) is 11.0 Å². The Balaban J connectivity index is 1.54. The number of aromatic amines is 1. The monoisotopic (exact) mass is 477 g/mol. The molecule has 0 bridgehead atoms. The number of para-hydroxylation sites is 2. The van der Waals surface area contributed by atoms with Crippen LogP contribution in [0.5, 0.6) is 0 Å². The minimum atomic E-state index is -0.496. The van der Waals surface area contributed by atoms with E-state index in [1.54, 1.807) is 22.8 Å². The summed E-state index contributed by atoms with van der Waals surface area (Å²) >= 11 is 2.89. The molecule has 33 heavy (non-hydrogen) atoms. The zero-order valence-corrected chi connectivity index (χ0v) is 20.0. The van der Waals surface area contributed by atoms with Gasteiger partial charge in [-0.2, -0.15) is 5.26 Å². The first-order valence-electron chi connectivity index (χ1n) is 11.0. The van der Waals surface area contributed by atoms with Gasteiger partial charge in [0.2, 0.25) is 0 Å². The highest BCUT2D eigenvalue weighted by molar-refractivity contribution is 8.00. The molecular formula is C24H23N5O2S2. The third-order valence-electron chi connectivity index (χ3n) is 6.02. The second-order valence-corrected chi connectivity index (χ2v) is 10.5. The average molecular weight is 478 g/mol. The van der Waals surface area contributed by atoms with Crippen molar-refractivity contribution in [2.75, 3.05) is 0 Å². The molecule has 9 heteroatoms. The van der Waals surface area contributed by atoms with Crippen LogP contribution >= 0.6 is 23.1 Å². The van der Waals surface area contributed by atoms with Gasteiger partial charge in [-0.3, -0.25) is 9.36 Å². The van der Waals surface area contributed by atoms with Crippen LogP contribution in [0.15, 0.2) is 40.0 Å². The number of thiophene rings is 1. The summed E-state index contributed by atoms with van der Waals surface area (Å²) in [6, 6.07) is 9.55. The first-order valence-corrected chi connectivity index (χ1v) is 12.7. The minimum Gasteiger partial charge on any atom is -0.510 e. The van der Waals surface area contributed by atoms with E-state index in [0.29, 0.717) is 17.5 Å². The molecule has 1 aliphatic rings. The number of fused-ring (bicyclic) bond motifs is 4. The third kappa shape index (κ3) is 3.73. The Morgan fingerprint density at radius 3 is 2.88 bits per heavy atom. The predicted octanol–water partition coefficient (Wildman–Crippen LogP) is 5.21. The second kappa shape index (κ2) is 8.69. The van der Waals surface area contributed by atoms with Crippen molar-refractivity contribution in [1.29, 1.82) is 5.26 Å². The third-order valence-corrected chi connectivity index (χ3v) is 8.30. The molecule has 5 rings (SSSR count). The summed E-state index contributed by atoms with van der Waals surface area (Å²) in [7, 11) is 0. The zero-order valence-electron chi connectivity index (χ0n) is 18.4. The highest BCUT2D eigenvalue weighted by Gasteiger charge is 2.25. The summed E-state index contributed by atoms with van der Waals surface area (Å²) in [5.74, 6) is 0.231. The Bertz CT molecular complexity index is 1470. The number of aryl methyl sites for hydroxylation is 2. The average Bonchev–Trinajstić information content (AvgIpc) is 3.40. The number of imidazole rings is 1. The van der Waals surface area contributed by atoms with Crippen molar-refractivity contribution in [3.8, 4) is 6.07 Å². The molecule has 1 unspecified atom stereocenters. The summed E-state index contributed by atoms with van der Waals surface area (Å²) in [5.41, 5.74) is 2.76. The number of nitrogens with one attached hydrogen (secondary N) is 1. The van der Waals surface area contributed by atoms with Gasteiger partial charge in [-0.25, -0.2) is 9.97 Å². The zero-order chi connectivity index (χ0) is 23.1. The molecule has 0 saturated heterocycles. The molecule has 0 aliphatic heterocycles. The lowest BCUT2D eigenvalue weighted by atomic mass is 9.97. The van der Waals surface area contributed by atoms with Crippen LogP contribution in [0.1, 0.15) is 43.0 Å². The molecule has 0 saturated carbocycles. The molecule has 0 fully saturated rings. The lowest BCUT2D eigenvalue weighted by molar-refractivity contribution is 0.401. The van der Waals surface area contributed by atoms with E-state index in [9.17, 15) is 15.2 Å². The number of aliphatic hydroxyl groups excluding tert-OH is 1. The topological polar surface area (TPSA) is 108 Å². The summed E-state index contributed by atoms with van der Waals surface area (Å²) < 4.78 is 1.67. The maximum Gasteiger partial charge on any atom is 0.263 e. The van der Waals surface area contributed by atoms with Gasteiger partial charge < -0.3 is 10.1 Å². The van der Waals surface area contributed by atoms with Crippen LogP contribution in [-0.4, -0.2) is 29.9 Å².